The Morgan fingerprint density at radius 3 is 2.40 bits per heavy atom. The Labute approximate surface area is 177 Å². The molecule has 0 atom stereocenters. The Hall–Kier alpha value is -3.40. The number of amides is 1. The maximum Gasteiger partial charge on any atom is 0.256 e. The topological polar surface area (TPSA) is 46.4 Å². The van der Waals surface area contributed by atoms with E-state index >= 15 is 0 Å². The average molecular weight is 398 g/mol. The molecule has 0 aliphatic rings. The third-order valence-corrected chi connectivity index (χ3v) is 5.37. The summed E-state index contributed by atoms with van der Waals surface area (Å²) >= 11 is 0. The van der Waals surface area contributed by atoms with Gasteiger partial charge in [-0.2, -0.15) is 0 Å². The van der Waals surface area contributed by atoms with Crippen molar-refractivity contribution in [3.8, 4) is 11.3 Å². The van der Waals surface area contributed by atoms with Gasteiger partial charge >= 0.3 is 0 Å². The second-order valence-corrected chi connectivity index (χ2v) is 7.86. The Morgan fingerprint density at radius 2 is 1.70 bits per heavy atom. The fraction of sp³-hybridized carbons (Fsp3) is 0.231. The molecule has 0 aliphatic heterocycles. The second-order valence-electron chi connectivity index (χ2n) is 7.86. The van der Waals surface area contributed by atoms with Gasteiger partial charge in [-0.25, -0.2) is 4.98 Å². The lowest BCUT2D eigenvalue weighted by Crippen LogP contribution is -2.14. The Balaban J connectivity index is 1.69. The first-order valence-corrected chi connectivity index (χ1v) is 10.5. The van der Waals surface area contributed by atoms with E-state index in [2.05, 4.69) is 31.3 Å². The highest BCUT2D eigenvalue weighted by atomic mass is 16.1. The van der Waals surface area contributed by atoms with E-state index in [0.29, 0.717) is 11.4 Å². The highest BCUT2D eigenvalue weighted by molar-refractivity contribution is 6.05. The van der Waals surface area contributed by atoms with E-state index in [4.69, 9.17) is 4.98 Å². The SMILES string of the molecule is CCCCc1ccc(C(=O)Nc2c(-c3ccc(C)cc3)nc3cc(C)ccn23)cc1. The van der Waals surface area contributed by atoms with Crippen LogP contribution in [0.1, 0.15) is 46.8 Å². The number of carbonyl (C=O) groups is 1. The van der Waals surface area contributed by atoms with Crippen LogP contribution in [0.4, 0.5) is 5.82 Å². The first kappa shape index (κ1) is 19.9. The number of nitrogens with one attached hydrogen (secondary N) is 1. The van der Waals surface area contributed by atoms with Gasteiger partial charge in [-0.15, -0.1) is 0 Å². The average Bonchev–Trinajstić information content (AvgIpc) is 3.10. The summed E-state index contributed by atoms with van der Waals surface area (Å²) < 4.78 is 1.94. The van der Waals surface area contributed by atoms with Crippen LogP contribution in [0, 0.1) is 13.8 Å². The molecule has 0 fully saturated rings. The fourth-order valence-corrected chi connectivity index (χ4v) is 3.56. The molecular formula is C26H27N3O. The van der Waals surface area contributed by atoms with Crippen molar-refractivity contribution < 1.29 is 4.79 Å². The molecule has 0 saturated heterocycles. The van der Waals surface area contributed by atoms with Gasteiger partial charge in [0.25, 0.3) is 5.91 Å². The van der Waals surface area contributed by atoms with Crippen LogP contribution < -0.4 is 5.32 Å². The number of imidazole rings is 1. The van der Waals surface area contributed by atoms with Gasteiger partial charge < -0.3 is 5.32 Å². The summed E-state index contributed by atoms with van der Waals surface area (Å²) in [5.74, 6) is 0.557. The number of fused-ring (bicyclic) bond motifs is 1. The summed E-state index contributed by atoms with van der Waals surface area (Å²) in [6.07, 6.45) is 5.33. The minimum absolute atomic E-state index is 0.132. The molecule has 0 bridgehead atoms. The summed E-state index contributed by atoms with van der Waals surface area (Å²) in [6.45, 7) is 6.28. The standard InChI is InChI=1S/C26H27N3O/c1-4-5-6-20-9-13-22(14-10-20)26(30)28-25-24(21-11-7-18(2)8-12-21)27-23-17-19(3)15-16-29(23)25/h7-17H,4-6H2,1-3H3,(H,28,30). The van der Waals surface area contributed by atoms with Crippen LogP contribution in [0.2, 0.25) is 0 Å². The molecule has 4 nitrogen and oxygen atoms in total. The van der Waals surface area contributed by atoms with Gasteiger partial charge in [-0.1, -0.05) is 55.3 Å². The van der Waals surface area contributed by atoms with Crippen LogP contribution >= 0.6 is 0 Å². The van der Waals surface area contributed by atoms with E-state index in [0.717, 1.165) is 41.7 Å². The predicted molar refractivity (Wildman–Crippen MR) is 123 cm³/mol. The molecule has 0 spiro atoms. The lowest BCUT2D eigenvalue weighted by molar-refractivity contribution is 0.102. The number of aryl methyl sites for hydroxylation is 3. The lowest BCUT2D eigenvalue weighted by atomic mass is 10.1. The van der Waals surface area contributed by atoms with Gasteiger partial charge in [0.15, 0.2) is 0 Å². The Bertz CT molecular complexity index is 1170. The number of rotatable bonds is 6. The van der Waals surface area contributed by atoms with Gasteiger partial charge in [0, 0.05) is 17.3 Å². The number of pyridine rings is 1. The van der Waals surface area contributed by atoms with E-state index in [1.165, 1.54) is 11.1 Å². The zero-order chi connectivity index (χ0) is 21.1. The van der Waals surface area contributed by atoms with Crippen molar-refractivity contribution in [2.75, 3.05) is 5.32 Å². The van der Waals surface area contributed by atoms with Gasteiger partial charge in [0.05, 0.1) is 0 Å². The van der Waals surface area contributed by atoms with Crippen molar-refractivity contribution in [1.82, 2.24) is 9.38 Å². The molecule has 1 N–H and O–H groups in total. The molecule has 4 heteroatoms. The number of hydrogen-bond acceptors (Lipinski definition) is 2. The molecule has 2 heterocycles. The number of aromatic nitrogens is 2. The molecule has 0 aliphatic carbocycles. The molecule has 152 valence electrons. The monoisotopic (exact) mass is 397 g/mol. The molecule has 4 rings (SSSR count). The Morgan fingerprint density at radius 1 is 0.967 bits per heavy atom. The largest absolute Gasteiger partial charge is 0.306 e. The molecule has 0 saturated carbocycles. The first-order chi connectivity index (χ1) is 14.5. The van der Waals surface area contributed by atoms with Crippen LogP contribution in [0.15, 0.2) is 66.9 Å². The van der Waals surface area contributed by atoms with Crippen LogP contribution in [-0.2, 0) is 6.42 Å². The molecule has 4 aromatic rings. The number of carbonyl (C=O) groups excluding carboxylic acids is 1. The van der Waals surface area contributed by atoms with E-state index in [1.807, 2.05) is 66.1 Å². The normalized spacial score (nSPS) is 11.0. The summed E-state index contributed by atoms with van der Waals surface area (Å²) in [5, 5.41) is 3.11. The van der Waals surface area contributed by atoms with Gasteiger partial charge in [-0.05, 0) is 62.1 Å². The molecule has 2 aromatic carbocycles. The molecule has 0 unspecified atom stereocenters. The van der Waals surface area contributed by atoms with E-state index < -0.39 is 0 Å². The van der Waals surface area contributed by atoms with Crippen LogP contribution in [0.5, 0.6) is 0 Å². The molecule has 2 aromatic heterocycles. The van der Waals surface area contributed by atoms with Gasteiger partial charge in [-0.3, -0.25) is 9.20 Å². The third-order valence-electron chi connectivity index (χ3n) is 5.37. The zero-order valence-corrected chi connectivity index (χ0v) is 17.8. The van der Waals surface area contributed by atoms with Crippen molar-refractivity contribution in [2.45, 2.75) is 40.0 Å². The maximum atomic E-state index is 13.0. The molecule has 1 amide bonds. The number of anilines is 1. The fourth-order valence-electron chi connectivity index (χ4n) is 3.56. The molecule has 30 heavy (non-hydrogen) atoms. The summed E-state index contributed by atoms with van der Waals surface area (Å²) in [4.78, 5) is 17.8. The second kappa shape index (κ2) is 8.54. The van der Waals surface area contributed by atoms with Gasteiger partial charge in [0.1, 0.15) is 17.2 Å². The van der Waals surface area contributed by atoms with Gasteiger partial charge in [0.2, 0.25) is 0 Å². The lowest BCUT2D eigenvalue weighted by Gasteiger charge is -2.09. The maximum absolute atomic E-state index is 13.0. The minimum Gasteiger partial charge on any atom is -0.306 e. The van der Waals surface area contributed by atoms with Crippen molar-refractivity contribution >= 4 is 17.4 Å². The van der Waals surface area contributed by atoms with Crippen LogP contribution in [0.3, 0.4) is 0 Å². The van der Waals surface area contributed by atoms with Crippen molar-refractivity contribution in [1.29, 1.82) is 0 Å². The summed E-state index contributed by atoms with van der Waals surface area (Å²) in [7, 11) is 0. The van der Waals surface area contributed by atoms with E-state index in [9.17, 15) is 4.79 Å². The summed E-state index contributed by atoms with van der Waals surface area (Å²) in [6, 6.07) is 20.1. The van der Waals surface area contributed by atoms with Crippen LogP contribution in [0.25, 0.3) is 16.9 Å². The number of benzene rings is 2. The highest BCUT2D eigenvalue weighted by Gasteiger charge is 2.17. The van der Waals surface area contributed by atoms with E-state index in [-0.39, 0.29) is 5.91 Å². The predicted octanol–water partition coefficient (Wildman–Crippen LogP) is 6.21. The van der Waals surface area contributed by atoms with Crippen molar-refractivity contribution in [2.24, 2.45) is 0 Å². The summed E-state index contributed by atoms with van der Waals surface area (Å²) in [5.41, 5.74) is 6.79. The molecule has 0 radical (unpaired) electrons. The zero-order valence-electron chi connectivity index (χ0n) is 17.8. The third kappa shape index (κ3) is 4.13. The van der Waals surface area contributed by atoms with Crippen LogP contribution in [-0.4, -0.2) is 15.3 Å². The first-order valence-electron chi connectivity index (χ1n) is 10.5. The number of hydrogen-bond donors (Lipinski definition) is 1. The van der Waals surface area contributed by atoms with Crippen molar-refractivity contribution in [3.05, 3.63) is 89.1 Å². The number of unbranched alkanes of at least 4 members (excludes halogenated alkanes) is 1. The number of nitrogens with zero attached hydrogens (tertiary/aromatic N) is 2. The highest BCUT2D eigenvalue weighted by Crippen LogP contribution is 2.30. The minimum atomic E-state index is -0.132. The van der Waals surface area contributed by atoms with Crippen molar-refractivity contribution in [3.63, 3.8) is 0 Å². The smallest absolute Gasteiger partial charge is 0.256 e. The quantitative estimate of drug-likeness (QED) is 0.420. The van der Waals surface area contributed by atoms with E-state index in [1.54, 1.807) is 0 Å². The molecular weight excluding hydrogens is 370 g/mol. The Kier molecular flexibility index (Phi) is 5.66.